The van der Waals surface area contributed by atoms with Crippen molar-refractivity contribution in [3.8, 4) is 0 Å². The van der Waals surface area contributed by atoms with Gasteiger partial charge in [-0.05, 0) is 26.7 Å². The van der Waals surface area contributed by atoms with E-state index >= 15 is 0 Å². The fraction of sp³-hybridized carbons (Fsp3) is 0.931. The van der Waals surface area contributed by atoms with Crippen LogP contribution in [0.4, 0.5) is 0 Å². The van der Waals surface area contributed by atoms with Crippen LogP contribution in [0.1, 0.15) is 39.5 Å². The van der Waals surface area contributed by atoms with Crippen LogP contribution in [-0.4, -0.2) is 155 Å². The SMILES string of the molecule is CC(C)OCCOCCOCCOCCOCCOCCOCCOCCOCCOCCOC(=O)CCCCC(=O)O. The first-order chi connectivity index (χ1) is 21.0. The molecule has 0 heterocycles. The van der Waals surface area contributed by atoms with Gasteiger partial charge in [-0.1, -0.05) is 0 Å². The van der Waals surface area contributed by atoms with Crippen molar-refractivity contribution in [1.29, 1.82) is 0 Å². The number of rotatable bonds is 36. The lowest BCUT2D eigenvalue weighted by molar-refractivity contribution is -0.146. The van der Waals surface area contributed by atoms with Crippen molar-refractivity contribution < 1.29 is 66.8 Å². The van der Waals surface area contributed by atoms with E-state index in [9.17, 15) is 9.59 Å². The zero-order chi connectivity index (χ0) is 31.5. The third-order valence-electron chi connectivity index (χ3n) is 5.17. The van der Waals surface area contributed by atoms with Gasteiger partial charge in [0.1, 0.15) is 6.61 Å². The molecule has 0 bridgehead atoms. The monoisotopic (exact) mass is 628 g/mol. The molecule has 0 saturated carbocycles. The van der Waals surface area contributed by atoms with Crippen LogP contribution < -0.4 is 0 Å². The lowest BCUT2D eigenvalue weighted by Crippen LogP contribution is -2.15. The van der Waals surface area contributed by atoms with Crippen molar-refractivity contribution in [1.82, 2.24) is 0 Å². The molecule has 1 N–H and O–H groups in total. The van der Waals surface area contributed by atoms with E-state index in [2.05, 4.69) is 0 Å². The molecule has 0 unspecified atom stereocenters. The highest BCUT2D eigenvalue weighted by Gasteiger charge is 2.04. The molecule has 0 aromatic rings. The van der Waals surface area contributed by atoms with E-state index in [0.29, 0.717) is 132 Å². The molecule has 0 aromatic carbocycles. The highest BCUT2D eigenvalue weighted by atomic mass is 16.6. The highest BCUT2D eigenvalue weighted by Crippen LogP contribution is 2.01. The van der Waals surface area contributed by atoms with Gasteiger partial charge in [0.2, 0.25) is 0 Å². The standard InChI is InChI=1S/C29H56O14/c1-27(2)42-25-23-40-21-19-38-17-15-36-13-11-34-9-7-33-8-10-35-12-14-37-16-18-39-20-22-41-24-26-43-29(32)6-4-3-5-28(30)31/h27H,3-26H2,1-2H3,(H,30,31). The molecule has 0 amide bonds. The van der Waals surface area contributed by atoms with E-state index in [1.165, 1.54) is 0 Å². The van der Waals surface area contributed by atoms with Gasteiger partial charge < -0.3 is 57.2 Å². The van der Waals surface area contributed by atoms with E-state index in [0.717, 1.165) is 0 Å². The molecule has 0 aliphatic rings. The minimum absolute atomic E-state index is 0.0617. The van der Waals surface area contributed by atoms with E-state index in [1.807, 2.05) is 13.8 Å². The minimum Gasteiger partial charge on any atom is -0.481 e. The predicted octanol–water partition coefficient (Wildman–Crippen LogP) is 1.75. The summed E-state index contributed by atoms with van der Waals surface area (Å²) in [7, 11) is 0. The average Bonchev–Trinajstić information content (AvgIpc) is 2.98. The van der Waals surface area contributed by atoms with E-state index in [-0.39, 0.29) is 38.1 Å². The van der Waals surface area contributed by atoms with Gasteiger partial charge in [-0.15, -0.1) is 0 Å². The molecule has 0 rings (SSSR count). The average molecular weight is 629 g/mol. The fourth-order valence-electron chi connectivity index (χ4n) is 3.04. The Bertz CT molecular complexity index is 594. The Hall–Kier alpha value is -1.46. The second kappa shape index (κ2) is 35.0. The summed E-state index contributed by atoms with van der Waals surface area (Å²) in [6.45, 7) is 13.4. The number of hydrogen-bond acceptors (Lipinski definition) is 13. The topological polar surface area (TPSA) is 156 Å². The van der Waals surface area contributed by atoms with Crippen LogP contribution in [0.15, 0.2) is 0 Å². The van der Waals surface area contributed by atoms with Crippen LogP contribution in [0, 0.1) is 0 Å². The summed E-state index contributed by atoms with van der Waals surface area (Å²) in [5.41, 5.74) is 0. The first-order valence-electron chi connectivity index (χ1n) is 15.2. The largest absolute Gasteiger partial charge is 0.481 e. The van der Waals surface area contributed by atoms with Crippen LogP contribution in [0.3, 0.4) is 0 Å². The zero-order valence-corrected chi connectivity index (χ0v) is 26.3. The van der Waals surface area contributed by atoms with Gasteiger partial charge >= 0.3 is 11.9 Å². The lowest BCUT2D eigenvalue weighted by Gasteiger charge is -2.09. The maximum Gasteiger partial charge on any atom is 0.305 e. The number of carboxylic acid groups (broad SMARTS) is 1. The summed E-state index contributed by atoms with van der Waals surface area (Å²) in [4.78, 5) is 21.9. The van der Waals surface area contributed by atoms with Gasteiger partial charge in [-0.25, -0.2) is 0 Å². The molecular weight excluding hydrogens is 572 g/mol. The quantitative estimate of drug-likeness (QED) is 0.0791. The lowest BCUT2D eigenvalue weighted by atomic mass is 10.2. The Morgan fingerprint density at radius 2 is 0.721 bits per heavy atom. The number of carboxylic acids is 1. The molecule has 43 heavy (non-hydrogen) atoms. The Kier molecular flexibility index (Phi) is 33.8. The molecule has 0 atom stereocenters. The van der Waals surface area contributed by atoms with E-state index in [1.54, 1.807) is 0 Å². The van der Waals surface area contributed by atoms with Crippen molar-refractivity contribution in [2.24, 2.45) is 0 Å². The van der Waals surface area contributed by atoms with Crippen LogP contribution in [0.5, 0.6) is 0 Å². The molecule has 0 aliphatic heterocycles. The molecule has 0 fully saturated rings. The fourth-order valence-corrected chi connectivity index (χ4v) is 3.04. The van der Waals surface area contributed by atoms with Crippen molar-refractivity contribution in [3.05, 3.63) is 0 Å². The maximum atomic E-state index is 11.5. The van der Waals surface area contributed by atoms with E-state index in [4.69, 9.17) is 57.2 Å². The molecule has 0 spiro atoms. The number of esters is 1. The molecular formula is C29H56O14. The molecule has 14 nitrogen and oxygen atoms in total. The van der Waals surface area contributed by atoms with Gasteiger partial charge in [0, 0.05) is 12.8 Å². The molecule has 14 heteroatoms. The minimum atomic E-state index is -0.862. The third kappa shape index (κ3) is 38.5. The van der Waals surface area contributed by atoms with Crippen molar-refractivity contribution in [2.75, 3.05) is 132 Å². The number of ether oxygens (including phenoxy) is 11. The number of carbonyl (C=O) groups excluding carboxylic acids is 1. The van der Waals surface area contributed by atoms with Crippen molar-refractivity contribution >= 4 is 11.9 Å². The molecule has 0 saturated heterocycles. The second-order valence-corrected chi connectivity index (χ2v) is 9.25. The summed E-state index contributed by atoms with van der Waals surface area (Å²) in [6.07, 6.45) is 1.47. The summed E-state index contributed by atoms with van der Waals surface area (Å²) in [5, 5.41) is 8.54. The first kappa shape index (κ1) is 41.5. The summed E-state index contributed by atoms with van der Waals surface area (Å²) >= 11 is 0. The molecule has 0 aromatic heterocycles. The van der Waals surface area contributed by atoms with Gasteiger partial charge in [0.15, 0.2) is 0 Å². The van der Waals surface area contributed by atoms with E-state index < -0.39 is 5.97 Å². The van der Waals surface area contributed by atoms with Crippen LogP contribution in [0.2, 0.25) is 0 Å². The van der Waals surface area contributed by atoms with Gasteiger partial charge in [-0.3, -0.25) is 9.59 Å². The first-order valence-corrected chi connectivity index (χ1v) is 15.2. The number of unbranched alkanes of at least 4 members (excludes halogenated alkanes) is 1. The van der Waals surface area contributed by atoms with Crippen molar-refractivity contribution in [2.45, 2.75) is 45.6 Å². The van der Waals surface area contributed by atoms with Crippen LogP contribution in [-0.2, 0) is 61.7 Å². The van der Waals surface area contributed by atoms with Gasteiger partial charge in [-0.2, -0.15) is 0 Å². The molecule has 0 radical (unpaired) electrons. The zero-order valence-electron chi connectivity index (χ0n) is 26.3. The Morgan fingerprint density at radius 1 is 0.442 bits per heavy atom. The Labute approximate surface area is 256 Å². The molecule has 0 aliphatic carbocycles. The summed E-state index contributed by atoms with van der Waals surface area (Å²) in [5.74, 6) is -1.21. The second-order valence-electron chi connectivity index (χ2n) is 9.25. The molecule has 256 valence electrons. The van der Waals surface area contributed by atoms with Gasteiger partial charge in [0.25, 0.3) is 0 Å². The summed E-state index contributed by atoms with van der Waals surface area (Å²) in [6, 6.07) is 0. The Balaban J connectivity index is 3.10. The number of aliphatic carboxylic acids is 1. The number of carbonyl (C=O) groups is 2. The van der Waals surface area contributed by atoms with Gasteiger partial charge in [0.05, 0.1) is 132 Å². The Morgan fingerprint density at radius 3 is 1.02 bits per heavy atom. The van der Waals surface area contributed by atoms with Crippen LogP contribution >= 0.6 is 0 Å². The maximum absolute atomic E-state index is 11.5. The summed E-state index contributed by atoms with van der Waals surface area (Å²) < 4.78 is 59.2. The predicted molar refractivity (Wildman–Crippen MR) is 156 cm³/mol. The third-order valence-corrected chi connectivity index (χ3v) is 5.17. The van der Waals surface area contributed by atoms with Crippen molar-refractivity contribution in [3.63, 3.8) is 0 Å². The smallest absolute Gasteiger partial charge is 0.305 e. The van der Waals surface area contributed by atoms with Crippen LogP contribution in [0.25, 0.3) is 0 Å². The normalized spacial score (nSPS) is 11.4. The highest BCUT2D eigenvalue weighted by molar-refractivity contribution is 5.69. The number of hydrogen-bond donors (Lipinski definition) is 1.